The van der Waals surface area contributed by atoms with Crippen LogP contribution >= 0.6 is 11.6 Å². The van der Waals surface area contributed by atoms with Gasteiger partial charge in [0.1, 0.15) is 0 Å². The van der Waals surface area contributed by atoms with Crippen molar-refractivity contribution in [3.63, 3.8) is 0 Å². The first kappa shape index (κ1) is 28.5. The summed E-state index contributed by atoms with van der Waals surface area (Å²) >= 11 is 7.19. The molecular formula is C33H42ClN7O3. The molecule has 5 heterocycles. The van der Waals surface area contributed by atoms with E-state index in [9.17, 15) is 4.79 Å². The summed E-state index contributed by atoms with van der Waals surface area (Å²) in [5.74, 6) is 1.08. The number of carbonyl (C=O) groups excluding carboxylic acids is 1. The average molecular weight is 620 g/mol. The molecule has 234 valence electrons. The van der Waals surface area contributed by atoms with Crippen molar-refractivity contribution in [2.75, 3.05) is 64.0 Å². The zero-order chi connectivity index (χ0) is 30.2. The lowest BCUT2D eigenvalue weighted by Gasteiger charge is -2.59. The summed E-state index contributed by atoms with van der Waals surface area (Å²) in [5, 5.41) is 14.9. The Morgan fingerprint density at radius 2 is 2.00 bits per heavy atom. The highest BCUT2D eigenvalue weighted by molar-refractivity contribution is 6.36. The highest BCUT2D eigenvalue weighted by Gasteiger charge is 2.55. The molecule has 1 aromatic carbocycles. The minimum absolute atomic E-state index is 0.0321. The van der Waals surface area contributed by atoms with Crippen LogP contribution in [-0.4, -0.2) is 106 Å². The number of rotatable bonds is 6. The molecule has 0 bridgehead atoms. The lowest BCUT2D eigenvalue weighted by Crippen LogP contribution is -2.67. The van der Waals surface area contributed by atoms with Crippen molar-refractivity contribution < 1.29 is 14.3 Å². The van der Waals surface area contributed by atoms with E-state index in [1.807, 2.05) is 11.1 Å². The first-order valence-electron chi connectivity index (χ1n) is 16.1. The minimum Gasteiger partial charge on any atom is -0.376 e. The number of hydrogen-bond acceptors (Lipinski definition) is 7. The largest absolute Gasteiger partial charge is 0.376 e. The van der Waals surface area contributed by atoms with Gasteiger partial charge in [0.2, 0.25) is 5.91 Å². The van der Waals surface area contributed by atoms with Crippen molar-refractivity contribution in [1.29, 1.82) is 0 Å². The van der Waals surface area contributed by atoms with Gasteiger partial charge < -0.3 is 19.3 Å². The van der Waals surface area contributed by atoms with E-state index in [-0.39, 0.29) is 23.0 Å². The van der Waals surface area contributed by atoms with Gasteiger partial charge >= 0.3 is 0 Å². The quantitative estimate of drug-likeness (QED) is 0.406. The summed E-state index contributed by atoms with van der Waals surface area (Å²) in [7, 11) is 0. The van der Waals surface area contributed by atoms with Crippen LogP contribution < -0.4 is 4.90 Å². The molecule has 2 aromatic heterocycles. The number of H-pyrrole nitrogens is 1. The number of amides is 1. The normalized spacial score (nSPS) is 24.8. The predicted octanol–water partition coefficient (Wildman–Crippen LogP) is 4.51. The number of aryl methyl sites for hydroxylation is 1. The number of nitrogens with zero attached hydrogens (tertiary/aromatic N) is 6. The standard InChI is InChI=1S/C33H42ClN7O3/c1-4-27(42)39-18-32(19-39)13-23(14-32)41-22(3)28(29-25-15-35-36-26(25)12-21(2)30(29)34)31(37-41)40-9-8-38(20-33(40)6-5-7-33)16-24-17-43-10-11-44-24/h4,12,15,23-24H,1,5-11,13-14,16-20H2,2-3H3,(H,35,36). The SMILES string of the molecule is C=CC(=O)N1CC2(CC(n3nc(N4CCN(CC5COCCO5)CC45CCC5)c(-c4c(Cl)c(C)cc5[nH]ncc45)c3C)C2)C1. The fraction of sp³-hybridized carbons (Fsp3) is 0.606. The van der Waals surface area contributed by atoms with E-state index < -0.39 is 0 Å². The van der Waals surface area contributed by atoms with Crippen molar-refractivity contribution in [2.45, 2.75) is 63.6 Å². The zero-order valence-corrected chi connectivity index (χ0v) is 26.5. The van der Waals surface area contributed by atoms with Crippen molar-refractivity contribution in [1.82, 2.24) is 29.8 Å². The summed E-state index contributed by atoms with van der Waals surface area (Å²) in [6, 6.07) is 2.38. The van der Waals surface area contributed by atoms with Gasteiger partial charge in [-0.1, -0.05) is 18.2 Å². The van der Waals surface area contributed by atoms with Crippen LogP contribution in [-0.2, 0) is 14.3 Å². The second-order valence-electron chi connectivity index (χ2n) is 13.9. The van der Waals surface area contributed by atoms with E-state index in [4.69, 9.17) is 26.2 Å². The number of benzene rings is 1. The number of piperazine rings is 1. The van der Waals surface area contributed by atoms with Crippen LogP contribution in [0.5, 0.6) is 0 Å². The lowest BCUT2D eigenvalue weighted by molar-refractivity contribution is -0.149. The minimum atomic E-state index is 0.0321. The molecule has 1 unspecified atom stereocenters. The molecule has 3 aliphatic heterocycles. The fourth-order valence-electron chi connectivity index (χ4n) is 8.69. The van der Waals surface area contributed by atoms with Crippen LogP contribution in [0, 0.1) is 19.3 Å². The molecule has 11 heteroatoms. The number of halogens is 1. The van der Waals surface area contributed by atoms with Crippen LogP contribution in [0.2, 0.25) is 5.02 Å². The summed E-state index contributed by atoms with van der Waals surface area (Å²) in [6.45, 7) is 15.4. The van der Waals surface area contributed by atoms with Gasteiger partial charge in [0.05, 0.1) is 54.2 Å². The number of aromatic amines is 1. The molecule has 1 amide bonds. The van der Waals surface area contributed by atoms with Crippen LogP contribution in [0.1, 0.15) is 49.4 Å². The number of carbonyl (C=O) groups is 1. The van der Waals surface area contributed by atoms with Gasteiger partial charge in [0.15, 0.2) is 5.82 Å². The Labute approximate surface area is 263 Å². The maximum absolute atomic E-state index is 12.1. The van der Waals surface area contributed by atoms with E-state index in [0.29, 0.717) is 25.9 Å². The van der Waals surface area contributed by atoms with Gasteiger partial charge in [0.25, 0.3) is 0 Å². The van der Waals surface area contributed by atoms with E-state index in [1.54, 1.807) is 0 Å². The molecule has 44 heavy (non-hydrogen) atoms. The van der Waals surface area contributed by atoms with Crippen LogP contribution in [0.25, 0.3) is 22.0 Å². The second kappa shape index (κ2) is 10.6. The van der Waals surface area contributed by atoms with Crippen LogP contribution in [0.4, 0.5) is 5.82 Å². The number of aromatic nitrogens is 4. The molecule has 5 aliphatic rings. The molecule has 2 aliphatic carbocycles. The van der Waals surface area contributed by atoms with E-state index in [0.717, 1.165) is 109 Å². The van der Waals surface area contributed by atoms with Crippen LogP contribution in [0.3, 0.4) is 0 Å². The summed E-state index contributed by atoms with van der Waals surface area (Å²) < 4.78 is 14.0. The van der Waals surface area contributed by atoms with Gasteiger partial charge in [-0.05, 0) is 63.7 Å². The molecule has 8 rings (SSSR count). The smallest absolute Gasteiger partial charge is 0.245 e. The number of hydrogen-bond donors (Lipinski definition) is 1. The van der Waals surface area contributed by atoms with Crippen molar-refractivity contribution in [3.05, 3.63) is 41.2 Å². The predicted molar refractivity (Wildman–Crippen MR) is 170 cm³/mol. The Bertz CT molecular complexity index is 1610. The number of fused-ring (bicyclic) bond motifs is 1. The average Bonchev–Trinajstić information content (AvgIpc) is 3.56. The molecular weight excluding hydrogens is 578 g/mol. The van der Waals surface area contributed by atoms with Gasteiger partial charge in [-0.3, -0.25) is 19.5 Å². The third-order valence-corrected chi connectivity index (χ3v) is 11.6. The molecule has 2 spiro atoms. The Kier molecular flexibility index (Phi) is 6.86. The monoisotopic (exact) mass is 619 g/mol. The van der Waals surface area contributed by atoms with Gasteiger partial charge in [-0.15, -0.1) is 0 Å². The maximum Gasteiger partial charge on any atom is 0.245 e. The number of likely N-dealkylation sites (tertiary alicyclic amines) is 1. The van der Waals surface area contributed by atoms with Gasteiger partial charge in [-0.25, -0.2) is 0 Å². The van der Waals surface area contributed by atoms with Crippen molar-refractivity contribution in [3.8, 4) is 11.1 Å². The summed E-state index contributed by atoms with van der Waals surface area (Å²) in [5.41, 5.74) is 5.57. The maximum atomic E-state index is 12.1. The second-order valence-corrected chi connectivity index (χ2v) is 14.3. The van der Waals surface area contributed by atoms with E-state index in [1.165, 1.54) is 12.5 Å². The first-order chi connectivity index (χ1) is 21.3. The Hall–Kier alpha value is -2.92. The molecule has 5 fully saturated rings. The molecule has 2 saturated carbocycles. The van der Waals surface area contributed by atoms with Crippen molar-refractivity contribution in [2.24, 2.45) is 5.41 Å². The number of anilines is 1. The van der Waals surface area contributed by atoms with E-state index in [2.05, 4.69) is 51.2 Å². The highest BCUT2D eigenvalue weighted by Crippen LogP contribution is 2.56. The lowest BCUT2D eigenvalue weighted by atomic mass is 9.60. The molecule has 10 nitrogen and oxygen atoms in total. The van der Waals surface area contributed by atoms with Crippen molar-refractivity contribution >= 4 is 34.2 Å². The topological polar surface area (TPSA) is 91.8 Å². The number of ether oxygens (including phenoxy) is 2. The molecule has 1 N–H and O–H groups in total. The third-order valence-electron chi connectivity index (χ3n) is 11.1. The highest BCUT2D eigenvalue weighted by atomic mass is 35.5. The first-order valence-corrected chi connectivity index (χ1v) is 16.5. The Balaban J connectivity index is 1.16. The molecule has 3 aromatic rings. The van der Waals surface area contributed by atoms with Gasteiger partial charge in [0, 0.05) is 66.9 Å². The van der Waals surface area contributed by atoms with E-state index >= 15 is 0 Å². The molecule has 3 saturated heterocycles. The molecule has 0 radical (unpaired) electrons. The zero-order valence-electron chi connectivity index (χ0n) is 25.8. The fourth-order valence-corrected chi connectivity index (χ4v) is 8.94. The number of nitrogens with one attached hydrogen (secondary N) is 1. The summed E-state index contributed by atoms with van der Waals surface area (Å²) in [6.07, 6.45) is 9.05. The third kappa shape index (κ3) is 4.43. The van der Waals surface area contributed by atoms with Gasteiger partial charge in [-0.2, -0.15) is 10.2 Å². The Morgan fingerprint density at radius 1 is 1.18 bits per heavy atom. The Morgan fingerprint density at radius 3 is 2.70 bits per heavy atom. The summed E-state index contributed by atoms with van der Waals surface area (Å²) in [4.78, 5) is 19.2. The molecule has 1 atom stereocenters. The van der Waals surface area contributed by atoms with Crippen LogP contribution in [0.15, 0.2) is 24.9 Å².